The molecule has 0 saturated heterocycles. The van der Waals surface area contributed by atoms with Crippen molar-refractivity contribution in [1.82, 2.24) is 0 Å². The summed E-state index contributed by atoms with van der Waals surface area (Å²) in [5.41, 5.74) is -0.963. The summed E-state index contributed by atoms with van der Waals surface area (Å²) in [7, 11) is 1.18. The van der Waals surface area contributed by atoms with Crippen molar-refractivity contribution in [2.45, 2.75) is 12.3 Å². The Morgan fingerprint density at radius 1 is 0.886 bits per heavy atom. The van der Waals surface area contributed by atoms with Crippen LogP contribution >= 0.6 is 0 Å². The van der Waals surface area contributed by atoms with Crippen LogP contribution in [0.4, 0.5) is 0 Å². The predicted octanol–water partition coefficient (Wildman–Crippen LogP) is 3.39. The average Bonchev–Trinajstić information content (AvgIpc) is 2.82. The quantitative estimate of drug-likeness (QED) is 0.183. The van der Waals surface area contributed by atoms with Crippen molar-refractivity contribution >= 4 is 16.9 Å². The van der Waals surface area contributed by atoms with Crippen molar-refractivity contribution in [3.63, 3.8) is 0 Å². The van der Waals surface area contributed by atoms with E-state index in [2.05, 4.69) is 0 Å². The largest absolute Gasteiger partial charge is 0.508 e. The molecular formula is C25H20O10. The molecule has 0 aliphatic carbocycles. The summed E-state index contributed by atoms with van der Waals surface area (Å²) in [5, 5.41) is 60.4. The molecule has 4 aromatic rings. The highest BCUT2D eigenvalue weighted by molar-refractivity contribution is 5.92. The number of hydrogen-bond donors (Lipinski definition) is 6. The summed E-state index contributed by atoms with van der Waals surface area (Å²) < 4.78 is 10.6. The molecule has 180 valence electrons. The van der Waals surface area contributed by atoms with E-state index in [9.17, 15) is 40.2 Å². The van der Waals surface area contributed by atoms with Gasteiger partial charge in [-0.3, -0.25) is 9.59 Å². The van der Waals surface area contributed by atoms with Gasteiger partial charge < -0.3 is 39.8 Å². The number of carbonyl (C=O) groups is 1. The van der Waals surface area contributed by atoms with Crippen LogP contribution in [0, 0.1) is 0 Å². The van der Waals surface area contributed by atoms with Gasteiger partial charge in [-0.05, 0) is 35.9 Å². The summed E-state index contributed by atoms with van der Waals surface area (Å²) in [6.45, 7) is 0. The second-order valence-corrected chi connectivity index (χ2v) is 7.77. The summed E-state index contributed by atoms with van der Waals surface area (Å²) in [5.74, 6) is -5.13. The molecule has 6 N–H and O–H groups in total. The van der Waals surface area contributed by atoms with E-state index in [0.717, 1.165) is 18.2 Å². The zero-order valence-electron chi connectivity index (χ0n) is 18.2. The van der Waals surface area contributed by atoms with Gasteiger partial charge in [0.05, 0.1) is 13.5 Å². The van der Waals surface area contributed by atoms with Gasteiger partial charge in [0.25, 0.3) is 0 Å². The maximum absolute atomic E-state index is 13.1. The fourth-order valence-corrected chi connectivity index (χ4v) is 3.88. The Labute approximate surface area is 197 Å². The van der Waals surface area contributed by atoms with Crippen LogP contribution in [0.2, 0.25) is 0 Å². The van der Waals surface area contributed by atoms with Crippen LogP contribution in [0.1, 0.15) is 23.5 Å². The van der Waals surface area contributed by atoms with E-state index in [-0.39, 0.29) is 28.9 Å². The van der Waals surface area contributed by atoms with Crippen LogP contribution < -0.4 is 5.43 Å². The molecule has 0 bridgehead atoms. The first-order valence-electron chi connectivity index (χ1n) is 10.2. The molecule has 0 unspecified atom stereocenters. The van der Waals surface area contributed by atoms with Gasteiger partial charge in [0.1, 0.15) is 28.2 Å². The lowest BCUT2D eigenvalue weighted by molar-refractivity contribution is -0.140. The molecule has 4 rings (SSSR count). The fraction of sp³-hybridized carbons (Fsp3) is 0.120. The monoisotopic (exact) mass is 480 g/mol. The minimum atomic E-state index is -1.03. The SMILES string of the molecule is COC(=O)C[C@@H](c1ccc(O)cc1)c1c(O)cc(O)c2c(=O)c(O)c(-c3ccc(O)c(O)c3)oc12. The molecule has 10 nitrogen and oxygen atoms in total. The van der Waals surface area contributed by atoms with Crippen LogP contribution in [-0.2, 0) is 9.53 Å². The number of fused-ring (bicyclic) bond motifs is 1. The number of rotatable bonds is 5. The normalized spacial score (nSPS) is 11.9. The third-order valence-corrected chi connectivity index (χ3v) is 5.62. The van der Waals surface area contributed by atoms with Crippen LogP contribution in [0.25, 0.3) is 22.3 Å². The van der Waals surface area contributed by atoms with E-state index in [1.807, 2.05) is 0 Å². The number of phenols is 5. The topological polar surface area (TPSA) is 178 Å². The zero-order chi connectivity index (χ0) is 25.4. The number of phenolic OH excluding ortho intramolecular Hbond substituents is 5. The lowest BCUT2D eigenvalue weighted by Gasteiger charge is -2.20. The van der Waals surface area contributed by atoms with Gasteiger partial charge >= 0.3 is 5.97 Å². The van der Waals surface area contributed by atoms with Crippen LogP contribution in [0.15, 0.2) is 57.7 Å². The minimum absolute atomic E-state index is 0.0136. The molecule has 0 fully saturated rings. The number of methoxy groups -OCH3 is 1. The Bertz CT molecular complexity index is 1500. The number of carbonyl (C=O) groups excluding carboxylic acids is 1. The predicted molar refractivity (Wildman–Crippen MR) is 123 cm³/mol. The van der Waals surface area contributed by atoms with Gasteiger partial charge in [0, 0.05) is 23.1 Å². The van der Waals surface area contributed by atoms with Crippen molar-refractivity contribution < 1.29 is 44.6 Å². The van der Waals surface area contributed by atoms with Crippen molar-refractivity contribution in [1.29, 1.82) is 0 Å². The maximum atomic E-state index is 13.1. The first-order valence-corrected chi connectivity index (χ1v) is 10.2. The van der Waals surface area contributed by atoms with Crippen LogP contribution in [0.5, 0.6) is 34.5 Å². The second-order valence-electron chi connectivity index (χ2n) is 7.77. The summed E-state index contributed by atoms with van der Waals surface area (Å²) >= 11 is 0. The summed E-state index contributed by atoms with van der Waals surface area (Å²) in [4.78, 5) is 25.3. The summed E-state index contributed by atoms with van der Waals surface area (Å²) in [6, 6.07) is 10.1. The van der Waals surface area contributed by atoms with Crippen LogP contribution in [0.3, 0.4) is 0 Å². The molecule has 0 saturated carbocycles. The number of ether oxygens (including phenoxy) is 1. The van der Waals surface area contributed by atoms with Gasteiger partial charge in [0.2, 0.25) is 11.2 Å². The Kier molecular flexibility index (Phi) is 5.87. The zero-order valence-corrected chi connectivity index (χ0v) is 18.2. The minimum Gasteiger partial charge on any atom is -0.508 e. The average molecular weight is 480 g/mol. The highest BCUT2D eigenvalue weighted by Gasteiger charge is 2.30. The molecule has 1 heterocycles. The Morgan fingerprint density at radius 3 is 2.20 bits per heavy atom. The molecule has 0 radical (unpaired) electrons. The first kappa shape index (κ1) is 23.3. The number of hydrogen-bond acceptors (Lipinski definition) is 10. The van der Waals surface area contributed by atoms with Gasteiger partial charge in [-0.25, -0.2) is 0 Å². The van der Waals surface area contributed by atoms with E-state index in [1.165, 1.54) is 37.4 Å². The van der Waals surface area contributed by atoms with Crippen molar-refractivity contribution in [3.8, 4) is 45.8 Å². The number of aromatic hydroxyl groups is 6. The maximum Gasteiger partial charge on any atom is 0.306 e. The smallest absolute Gasteiger partial charge is 0.306 e. The second kappa shape index (κ2) is 8.82. The third-order valence-electron chi connectivity index (χ3n) is 5.62. The molecule has 35 heavy (non-hydrogen) atoms. The Hall–Kier alpha value is -4.86. The molecule has 10 heteroatoms. The standard InChI is InChI=1S/C25H20O10/c1-34-19(31)9-14(11-2-5-13(26)6-3-11)20-17(29)10-18(30)21-22(32)23(33)24(35-25(20)21)12-4-7-15(27)16(28)8-12/h2-8,10,14,26-30,33H,9H2,1H3/t14-/m0/s1. The Balaban J connectivity index is 2.08. The molecule has 0 aliphatic rings. The third kappa shape index (κ3) is 4.12. The van der Waals surface area contributed by atoms with E-state index in [1.54, 1.807) is 0 Å². The highest BCUT2D eigenvalue weighted by atomic mass is 16.5. The van der Waals surface area contributed by atoms with Crippen molar-refractivity contribution in [2.75, 3.05) is 7.11 Å². The molecule has 0 aliphatic heterocycles. The lowest BCUT2D eigenvalue weighted by atomic mass is 9.86. The molecule has 1 atom stereocenters. The molecular weight excluding hydrogens is 460 g/mol. The molecule has 1 aromatic heterocycles. The van der Waals surface area contributed by atoms with E-state index >= 15 is 0 Å². The molecule has 3 aromatic carbocycles. The van der Waals surface area contributed by atoms with E-state index in [4.69, 9.17) is 9.15 Å². The highest BCUT2D eigenvalue weighted by Crippen LogP contribution is 2.45. The van der Waals surface area contributed by atoms with E-state index < -0.39 is 57.2 Å². The van der Waals surface area contributed by atoms with E-state index in [0.29, 0.717) is 5.56 Å². The fourth-order valence-electron chi connectivity index (χ4n) is 3.88. The van der Waals surface area contributed by atoms with Gasteiger partial charge in [-0.2, -0.15) is 0 Å². The lowest BCUT2D eigenvalue weighted by Crippen LogP contribution is -2.12. The first-order chi connectivity index (χ1) is 16.6. The van der Waals surface area contributed by atoms with Crippen LogP contribution in [-0.4, -0.2) is 43.7 Å². The summed E-state index contributed by atoms with van der Waals surface area (Å²) in [6.07, 6.45) is -0.311. The van der Waals surface area contributed by atoms with Crippen molar-refractivity contribution in [2.24, 2.45) is 0 Å². The molecule has 0 amide bonds. The van der Waals surface area contributed by atoms with Crippen molar-refractivity contribution in [3.05, 3.63) is 69.9 Å². The number of esters is 1. The number of benzene rings is 3. The van der Waals surface area contributed by atoms with Gasteiger partial charge in [-0.15, -0.1) is 0 Å². The van der Waals surface area contributed by atoms with Gasteiger partial charge in [0.15, 0.2) is 17.3 Å². The Morgan fingerprint density at radius 2 is 1.57 bits per heavy atom. The van der Waals surface area contributed by atoms with Gasteiger partial charge in [-0.1, -0.05) is 12.1 Å². The molecule has 0 spiro atoms.